The van der Waals surface area contributed by atoms with Gasteiger partial charge in [-0.1, -0.05) is 0 Å². The first-order valence-electron chi connectivity index (χ1n) is 4.52. The maximum absolute atomic E-state index is 12.6. The van der Waals surface area contributed by atoms with Gasteiger partial charge in [0.25, 0.3) is 0 Å². The number of anilines is 1. The largest absolute Gasteiger partial charge is 0.376 e. The van der Waals surface area contributed by atoms with Crippen molar-refractivity contribution in [2.75, 3.05) is 5.32 Å². The lowest BCUT2D eigenvalue weighted by Gasteiger charge is -2.12. The molecule has 0 saturated carbocycles. The Balaban J connectivity index is 2.06. The number of hydrogen-bond donors (Lipinski definition) is 1. The Bertz CT molecular complexity index is 413. The van der Waals surface area contributed by atoms with Crippen LogP contribution in [0.1, 0.15) is 17.8 Å². The van der Waals surface area contributed by atoms with Gasteiger partial charge in [-0.25, -0.2) is 4.98 Å². The minimum absolute atomic E-state index is 0.157. The average Bonchev–Trinajstić information content (AvgIpc) is 2.74. The number of thiazole rings is 1. The molecule has 0 radical (unpaired) electrons. The first kappa shape index (κ1) is 10.0. The zero-order valence-electron chi connectivity index (χ0n) is 8.14. The Morgan fingerprint density at radius 1 is 1.40 bits per heavy atom. The van der Waals surface area contributed by atoms with Gasteiger partial charge in [-0.3, -0.25) is 4.98 Å². The molecule has 0 bridgehead atoms. The minimum Gasteiger partial charge on any atom is -0.376 e. The van der Waals surface area contributed by atoms with Gasteiger partial charge in [0, 0.05) is 11.1 Å². The van der Waals surface area contributed by atoms with Gasteiger partial charge in [-0.2, -0.15) is 4.39 Å². The van der Waals surface area contributed by atoms with Gasteiger partial charge in [0.2, 0.25) is 5.95 Å². The fourth-order valence-corrected chi connectivity index (χ4v) is 1.85. The van der Waals surface area contributed by atoms with Crippen molar-refractivity contribution >= 4 is 17.0 Å². The van der Waals surface area contributed by atoms with E-state index in [0.29, 0.717) is 0 Å². The molecule has 2 heterocycles. The Morgan fingerprint density at radius 2 is 2.27 bits per heavy atom. The van der Waals surface area contributed by atoms with Crippen molar-refractivity contribution in [1.82, 2.24) is 9.97 Å². The summed E-state index contributed by atoms with van der Waals surface area (Å²) in [6.07, 6.45) is 3.30. The Hall–Kier alpha value is -1.49. The van der Waals surface area contributed by atoms with Crippen LogP contribution in [0, 0.1) is 5.95 Å². The molecule has 0 saturated heterocycles. The quantitative estimate of drug-likeness (QED) is 0.813. The Labute approximate surface area is 91.0 Å². The van der Waals surface area contributed by atoms with Crippen molar-refractivity contribution in [3.63, 3.8) is 0 Å². The number of nitrogens with one attached hydrogen (secondary N) is 1. The van der Waals surface area contributed by atoms with Crippen LogP contribution in [0.3, 0.4) is 0 Å². The maximum Gasteiger partial charge on any atom is 0.212 e. The number of hydrogen-bond acceptors (Lipinski definition) is 4. The average molecular weight is 223 g/mol. The van der Waals surface area contributed by atoms with Crippen LogP contribution < -0.4 is 5.32 Å². The summed E-state index contributed by atoms with van der Waals surface area (Å²) in [6, 6.07) is 3.16. The molecule has 2 aromatic heterocycles. The normalized spacial score (nSPS) is 12.4. The topological polar surface area (TPSA) is 37.8 Å². The first-order valence-corrected chi connectivity index (χ1v) is 5.40. The van der Waals surface area contributed by atoms with Gasteiger partial charge in [0.05, 0.1) is 23.4 Å². The molecular weight excluding hydrogens is 213 g/mol. The molecule has 0 amide bonds. The summed E-state index contributed by atoms with van der Waals surface area (Å²) in [5, 5.41) is 3.21. The molecule has 5 heteroatoms. The molecule has 78 valence electrons. The molecule has 3 nitrogen and oxygen atoms in total. The summed E-state index contributed by atoms with van der Waals surface area (Å²) in [4.78, 5) is 8.71. The van der Waals surface area contributed by atoms with E-state index in [-0.39, 0.29) is 6.04 Å². The number of pyridine rings is 1. The van der Waals surface area contributed by atoms with Crippen LogP contribution in [0.2, 0.25) is 0 Å². The van der Waals surface area contributed by atoms with Crippen molar-refractivity contribution < 1.29 is 4.39 Å². The predicted octanol–water partition coefficient (Wildman–Crippen LogP) is 2.85. The van der Waals surface area contributed by atoms with Crippen molar-refractivity contribution in [1.29, 1.82) is 0 Å². The molecule has 0 aromatic carbocycles. The fraction of sp³-hybridized carbons (Fsp3) is 0.200. The molecular formula is C10H10FN3S. The summed E-state index contributed by atoms with van der Waals surface area (Å²) in [7, 11) is 0. The van der Waals surface area contributed by atoms with Crippen LogP contribution >= 0.6 is 11.3 Å². The highest BCUT2D eigenvalue weighted by atomic mass is 32.1. The lowest BCUT2D eigenvalue weighted by Crippen LogP contribution is -2.05. The van der Waals surface area contributed by atoms with E-state index in [4.69, 9.17) is 0 Å². The summed E-state index contributed by atoms with van der Waals surface area (Å²) in [5.74, 6) is -0.467. The van der Waals surface area contributed by atoms with Gasteiger partial charge >= 0.3 is 0 Å². The number of halogens is 1. The van der Waals surface area contributed by atoms with Gasteiger partial charge in [-0.15, -0.1) is 11.3 Å². The number of aromatic nitrogens is 2. The molecule has 15 heavy (non-hydrogen) atoms. The molecule has 1 unspecified atom stereocenters. The zero-order chi connectivity index (χ0) is 10.7. The Kier molecular flexibility index (Phi) is 2.91. The third kappa shape index (κ3) is 2.50. The SMILES string of the molecule is CC(Nc1ccc(F)nc1)c1cncs1. The molecule has 0 spiro atoms. The molecule has 0 aliphatic carbocycles. The second-order valence-electron chi connectivity index (χ2n) is 3.14. The number of nitrogens with zero attached hydrogens (tertiary/aromatic N) is 2. The predicted molar refractivity (Wildman–Crippen MR) is 58.3 cm³/mol. The zero-order valence-corrected chi connectivity index (χ0v) is 8.96. The second kappa shape index (κ2) is 4.35. The van der Waals surface area contributed by atoms with Crippen molar-refractivity contribution in [3.05, 3.63) is 40.9 Å². The van der Waals surface area contributed by atoms with Crippen LogP contribution in [0.5, 0.6) is 0 Å². The van der Waals surface area contributed by atoms with E-state index in [0.717, 1.165) is 10.6 Å². The highest BCUT2D eigenvalue weighted by Gasteiger charge is 2.06. The fourth-order valence-electron chi connectivity index (χ4n) is 1.22. The summed E-state index contributed by atoms with van der Waals surface area (Å²) in [5.41, 5.74) is 2.59. The summed E-state index contributed by atoms with van der Waals surface area (Å²) < 4.78 is 12.6. The van der Waals surface area contributed by atoms with E-state index in [1.54, 1.807) is 22.9 Å². The molecule has 2 rings (SSSR count). The van der Waals surface area contributed by atoms with Gasteiger partial charge in [-0.05, 0) is 19.1 Å². The standard InChI is InChI=1S/C10H10FN3S/c1-7(9-5-12-6-15-9)14-8-2-3-10(11)13-4-8/h2-7,14H,1H3. The van der Waals surface area contributed by atoms with Gasteiger partial charge in [0.1, 0.15) is 0 Å². The Morgan fingerprint density at radius 3 is 2.87 bits per heavy atom. The third-order valence-electron chi connectivity index (χ3n) is 1.99. The molecule has 2 aromatic rings. The van der Waals surface area contributed by atoms with E-state index < -0.39 is 5.95 Å². The van der Waals surface area contributed by atoms with Crippen LogP contribution in [-0.2, 0) is 0 Å². The van der Waals surface area contributed by atoms with E-state index >= 15 is 0 Å². The van der Waals surface area contributed by atoms with E-state index in [1.165, 1.54) is 12.3 Å². The van der Waals surface area contributed by atoms with Crippen molar-refractivity contribution in [2.24, 2.45) is 0 Å². The van der Waals surface area contributed by atoms with Gasteiger partial charge in [0.15, 0.2) is 0 Å². The smallest absolute Gasteiger partial charge is 0.212 e. The van der Waals surface area contributed by atoms with E-state index in [1.807, 2.05) is 13.1 Å². The number of rotatable bonds is 3. The maximum atomic E-state index is 12.6. The van der Waals surface area contributed by atoms with Gasteiger partial charge < -0.3 is 5.32 Å². The molecule has 0 aliphatic rings. The lowest BCUT2D eigenvalue weighted by atomic mass is 10.3. The lowest BCUT2D eigenvalue weighted by molar-refractivity contribution is 0.584. The molecule has 0 fully saturated rings. The molecule has 1 atom stereocenters. The van der Waals surface area contributed by atoms with Crippen LogP contribution in [-0.4, -0.2) is 9.97 Å². The first-order chi connectivity index (χ1) is 7.25. The van der Waals surface area contributed by atoms with Crippen molar-refractivity contribution in [3.8, 4) is 0 Å². The second-order valence-corrected chi connectivity index (χ2v) is 4.06. The highest BCUT2D eigenvalue weighted by Crippen LogP contribution is 2.21. The van der Waals surface area contributed by atoms with Crippen LogP contribution in [0.4, 0.5) is 10.1 Å². The summed E-state index contributed by atoms with van der Waals surface area (Å²) >= 11 is 1.59. The monoisotopic (exact) mass is 223 g/mol. The minimum atomic E-state index is -0.467. The highest BCUT2D eigenvalue weighted by molar-refractivity contribution is 7.09. The van der Waals surface area contributed by atoms with E-state index in [9.17, 15) is 4.39 Å². The summed E-state index contributed by atoms with van der Waals surface area (Å²) in [6.45, 7) is 2.02. The molecule has 0 aliphatic heterocycles. The van der Waals surface area contributed by atoms with Crippen molar-refractivity contribution in [2.45, 2.75) is 13.0 Å². The van der Waals surface area contributed by atoms with E-state index in [2.05, 4.69) is 15.3 Å². The molecule has 1 N–H and O–H groups in total. The van der Waals surface area contributed by atoms with Crippen LogP contribution in [0.15, 0.2) is 30.0 Å². The van der Waals surface area contributed by atoms with Crippen LogP contribution in [0.25, 0.3) is 0 Å². The third-order valence-corrected chi connectivity index (χ3v) is 2.95.